The van der Waals surface area contributed by atoms with Crippen LogP contribution in [-0.4, -0.2) is 40.8 Å². The van der Waals surface area contributed by atoms with E-state index >= 15 is 0 Å². The molecule has 2 N–H and O–H groups in total. The van der Waals surface area contributed by atoms with Gasteiger partial charge in [-0.3, -0.25) is 4.79 Å². The Balaban J connectivity index is 3.96. The minimum Gasteiger partial charge on any atom is -0.454 e. The van der Waals surface area contributed by atoms with E-state index in [2.05, 4.69) is 4.74 Å². The highest BCUT2D eigenvalue weighted by atomic mass is 16.6. The van der Waals surface area contributed by atoms with Crippen molar-refractivity contribution in [2.24, 2.45) is 0 Å². The standard InChI is InChI=1S/C7H12O5/c1-4(3-8)12-7(11)6(10)5(2)9/h4-5,8-9H,3H2,1-2H3/t4-,5+/m0/s1. The normalized spacial score (nSPS) is 15.0. The van der Waals surface area contributed by atoms with Gasteiger partial charge in [0.05, 0.1) is 6.61 Å². The van der Waals surface area contributed by atoms with Crippen LogP contribution >= 0.6 is 0 Å². The molecule has 0 aliphatic carbocycles. The second-order valence-electron chi connectivity index (χ2n) is 2.44. The van der Waals surface area contributed by atoms with E-state index in [1.807, 2.05) is 0 Å². The smallest absolute Gasteiger partial charge is 0.377 e. The third-order valence-corrected chi connectivity index (χ3v) is 1.15. The van der Waals surface area contributed by atoms with Crippen molar-refractivity contribution in [3.63, 3.8) is 0 Å². The van der Waals surface area contributed by atoms with Gasteiger partial charge >= 0.3 is 5.97 Å². The highest BCUT2D eigenvalue weighted by Gasteiger charge is 2.22. The molecule has 0 heterocycles. The quantitative estimate of drug-likeness (QED) is 0.418. The number of esters is 1. The number of ether oxygens (including phenoxy) is 1. The van der Waals surface area contributed by atoms with Crippen molar-refractivity contribution in [2.45, 2.75) is 26.1 Å². The molecular formula is C7H12O5. The molecule has 0 unspecified atom stereocenters. The maximum Gasteiger partial charge on any atom is 0.377 e. The summed E-state index contributed by atoms with van der Waals surface area (Å²) in [6, 6.07) is 0. The van der Waals surface area contributed by atoms with Crippen LogP contribution in [0.1, 0.15) is 13.8 Å². The number of rotatable bonds is 4. The van der Waals surface area contributed by atoms with E-state index in [9.17, 15) is 9.59 Å². The molecule has 0 saturated heterocycles. The summed E-state index contributed by atoms with van der Waals surface area (Å²) in [5.74, 6) is -2.12. The number of aliphatic hydroxyl groups is 2. The van der Waals surface area contributed by atoms with Gasteiger partial charge < -0.3 is 14.9 Å². The predicted molar refractivity (Wildman–Crippen MR) is 39.3 cm³/mol. The lowest BCUT2D eigenvalue weighted by molar-refractivity contribution is -0.161. The molecule has 5 nitrogen and oxygen atoms in total. The van der Waals surface area contributed by atoms with Gasteiger partial charge in [0.1, 0.15) is 12.2 Å². The van der Waals surface area contributed by atoms with Crippen LogP contribution in [0.4, 0.5) is 0 Å². The summed E-state index contributed by atoms with van der Waals surface area (Å²) in [5.41, 5.74) is 0. The van der Waals surface area contributed by atoms with Crippen LogP contribution in [0.5, 0.6) is 0 Å². The van der Waals surface area contributed by atoms with Gasteiger partial charge in [0.25, 0.3) is 5.78 Å². The van der Waals surface area contributed by atoms with Crippen molar-refractivity contribution in [3.05, 3.63) is 0 Å². The molecule has 0 bridgehead atoms. The molecule has 5 heteroatoms. The highest BCUT2D eigenvalue weighted by molar-refractivity contribution is 6.35. The lowest BCUT2D eigenvalue weighted by atomic mass is 10.2. The monoisotopic (exact) mass is 176 g/mol. The summed E-state index contributed by atoms with van der Waals surface area (Å²) >= 11 is 0. The lowest BCUT2D eigenvalue weighted by Gasteiger charge is -2.09. The zero-order valence-electron chi connectivity index (χ0n) is 6.98. The van der Waals surface area contributed by atoms with Gasteiger partial charge in [-0.25, -0.2) is 4.79 Å². The van der Waals surface area contributed by atoms with Gasteiger partial charge in [0.15, 0.2) is 0 Å². The number of ketones is 1. The Labute approximate surface area is 70.0 Å². The van der Waals surface area contributed by atoms with E-state index in [4.69, 9.17) is 10.2 Å². The minimum absolute atomic E-state index is 0.348. The molecule has 0 aromatic heterocycles. The summed E-state index contributed by atoms with van der Waals surface area (Å²) in [4.78, 5) is 21.4. The van der Waals surface area contributed by atoms with Crippen LogP contribution in [0.15, 0.2) is 0 Å². The Bertz CT molecular complexity index is 175. The molecule has 0 aromatic carbocycles. The molecule has 12 heavy (non-hydrogen) atoms. The van der Waals surface area contributed by atoms with Gasteiger partial charge in [-0.1, -0.05) is 0 Å². The van der Waals surface area contributed by atoms with Crippen molar-refractivity contribution in [3.8, 4) is 0 Å². The van der Waals surface area contributed by atoms with Gasteiger partial charge in [-0.2, -0.15) is 0 Å². The second-order valence-corrected chi connectivity index (χ2v) is 2.44. The number of hydrogen-bond acceptors (Lipinski definition) is 5. The first kappa shape index (κ1) is 11.1. The zero-order chi connectivity index (χ0) is 9.72. The molecular weight excluding hydrogens is 164 g/mol. The van der Waals surface area contributed by atoms with Crippen LogP contribution in [0, 0.1) is 0 Å². The average Bonchev–Trinajstić information content (AvgIpc) is 2.02. The Kier molecular flexibility index (Phi) is 4.46. The molecule has 0 aliphatic heterocycles. The maximum atomic E-state index is 10.7. The van der Waals surface area contributed by atoms with Gasteiger partial charge in [0, 0.05) is 0 Å². The van der Waals surface area contributed by atoms with Crippen molar-refractivity contribution < 1.29 is 24.5 Å². The first-order valence-electron chi connectivity index (χ1n) is 3.52. The minimum atomic E-state index is -1.36. The SMILES string of the molecule is C[C@@H](CO)OC(=O)C(=O)[C@@H](C)O. The number of hydrogen-bond donors (Lipinski definition) is 2. The van der Waals surface area contributed by atoms with E-state index in [-0.39, 0.29) is 6.61 Å². The van der Waals surface area contributed by atoms with E-state index in [0.29, 0.717) is 0 Å². The van der Waals surface area contributed by atoms with Crippen LogP contribution in [0.25, 0.3) is 0 Å². The molecule has 0 amide bonds. The van der Waals surface area contributed by atoms with Crippen molar-refractivity contribution in [1.82, 2.24) is 0 Å². The molecule has 0 radical (unpaired) electrons. The number of carbonyl (C=O) groups is 2. The van der Waals surface area contributed by atoms with Gasteiger partial charge in [0.2, 0.25) is 0 Å². The van der Waals surface area contributed by atoms with Crippen molar-refractivity contribution in [1.29, 1.82) is 0 Å². The van der Waals surface area contributed by atoms with Crippen LogP contribution in [-0.2, 0) is 14.3 Å². The molecule has 0 rings (SSSR count). The molecule has 0 aromatic rings. The van der Waals surface area contributed by atoms with Crippen molar-refractivity contribution in [2.75, 3.05) is 6.61 Å². The predicted octanol–water partition coefficient (Wildman–Crippen LogP) is -1.14. The molecule has 0 spiro atoms. The largest absolute Gasteiger partial charge is 0.454 e. The zero-order valence-corrected chi connectivity index (χ0v) is 6.98. The number of aliphatic hydroxyl groups excluding tert-OH is 2. The van der Waals surface area contributed by atoms with Gasteiger partial charge in [-0.15, -0.1) is 0 Å². The summed E-state index contributed by atoms with van der Waals surface area (Å²) in [6.45, 7) is 2.26. The molecule has 0 saturated carbocycles. The third kappa shape index (κ3) is 3.45. The van der Waals surface area contributed by atoms with Gasteiger partial charge in [-0.05, 0) is 13.8 Å². The van der Waals surface area contributed by atoms with E-state index < -0.39 is 24.0 Å². The summed E-state index contributed by atoms with van der Waals surface area (Å²) in [7, 11) is 0. The van der Waals surface area contributed by atoms with Crippen LogP contribution in [0.3, 0.4) is 0 Å². The summed E-state index contributed by atoms with van der Waals surface area (Å²) in [5, 5.41) is 17.1. The first-order chi connectivity index (χ1) is 5.49. The fourth-order valence-electron chi connectivity index (χ4n) is 0.449. The molecule has 0 fully saturated rings. The van der Waals surface area contributed by atoms with Crippen LogP contribution in [0.2, 0.25) is 0 Å². The summed E-state index contributed by atoms with van der Waals surface area (Å²) in [6.07, 6.45) is -2.08. The Morgan fingerprint density at radius 1 is 1.42 bits per heavy atom. The molecule has 2 atom stereocenters. The summed E-state index contributed by atoms with van der Waals surface area (Å²) < 4.78 is 4.42. The Morgan fingerprint density at radius 3 is 2.25 bits per heavy atom. The second kappa shape index (κ2) is 4.84. The van der Waals surface area contributed by atoms with E-state index in [1.54, 1.807) is 0 Å². The Hall–Kier alpha value is -0.940. The first-order valence-corrected chi connectivity index (χ1v) is 3.52. The lowest BCUT2D eigenvalue weighted by Crippen LogP contribution is -2.31. The van der Waals surface area contributed by atoms with E-state index in [0.717, 1.165) is 0 Å². The third-order valence-electron chi connectivity index (χ3n) is 1.15. The molecule has 0 aliphatic rings. The Morgan fingerprint density at radius 2 is 1.92 bits per heavy atom. The topological polar surface area (TPSA) is 83.8 Å². The number of Topliss-reactive ketones (excluding diaryl/α,β-unsaturated/α-hetero) is 1. The fraction of sp³-hybridized carbons (Fsp3) is 0.714. The average molecular weight is 176 g/mol. The highest BCUT2D eigenvalue weighted by Crippen LogP contribution is 1.93. The molecule has 70 valence electrons. The van der Waals surface area contributed by atoms with E-state index in [1.165, 1.54) is 13.8 Å². The maximum absolute atomic E-state index is 10.7. The fourth-order valence-corrected chi connectivity index (χ4v) is 0.449. The number of carbonyl (C=O) groups excluding carboxylic acids is 2. The van der Waals surface area contributed by atoms with Crippen LogP contribution < -0.4 is 0 Å². The van der Waals surface area contributed by atoms with Crippen molar-refractivity contribution >= 4 is 11.8 Å².